The maximum atomic E-state index is 7.33. The molecule has 4 nitrogen and oxygen atoms in total. The van der Waals surface area contributed by atoms with Gasteiger partial charge in [0, 0.05) is 8.41 Å². The molecular weight excluding hydrogens is 153 g/mol. The standard InChI is InChI=1S/Al.B.Na.H4O4Si.4H/c;;;1-5(2,3)4;;;;/h;;;1-4H;;;;/q;;+1;;;;;-1. The van der Waals surface area contributed by atoms with Crippen molar-refractivity contribution in [2.45, 2.75) is 0 Å². The summed E-state index contributed by atoms with van der Waals surface area (Å²) in [5, 5.41) is 0. The summed E-state index contributed by atoms with van der Waals surface area (Å²) in [6.45, 7) is 0. The molecule has 0 aliphatic carbocycles. The van der Waals surface area contributed by atoms with E-state index in [-0.39, 0.29) is 56.8 Å². The zero-order chi connectivity index (χ0) is 4.50. The molecule has 8 heteroatoms. The summed E-state index contributed by atoms with van der Waals surface area (Å²) in [5.41, 5.74) is 0. The fraction of sp³-hybridized carbons (Fsp3) is 0. The van der Waals surface area contributed by atoms with Crippen LogP contribution in [-0.4, -0.2) is 54.0 Å². The molecule has 0 aliphatic heterocycles. The van der Waals surface area contributed by atoms with Crippen molar-refractivity contribution in [2.24, 2.45) is 0 Å². The molecule has 0 aromatic rings. The monoisotopic (exact) mass is 161 g/mol. The minimum Gasteiger partial charge on any atom is -1.00 e. The third kappa shape index (κ3) is 124. The van der Waals surface area contributed by atoms with Crippen LogP contribution < -0.4 is 29.6 Å². The first-order valence-electron chi connectivity index (χ1n) is 0.894. The second kappa shape index (κ2) is 8.65. The van der Waals surface area contributed by atoms with Gasteiger partial charge in [-0.1, -0.05) is 0 Å². The zero-order valence-corrected chi connectivity index (χ0v) is 6.87. The van der Waals surface area contributed by atoms with Gasteiger partial charge in [0.05, 0.1) is 0 Å². The van der Waals surface area contributed by atoms with Gasteiger partial charge in [-0.25, -0.2) is 0 Å². The van der Waals surface area contributed by atoms with E-state index in [9.17, 15) is 0 Å². The van der Waals surface area contributed by atoms with Crippen LogP contribution in [0.15, 0.2) is 0 Å². The van der Waals surface area contributed by atoms with Crippen molar-refractivity contribution in [1.29, 1.82) is 0 Å². The summed E-state index contributed by atoms with van der Waals surface area (Å²) in [6, 6.07) is 0. The Bertz CT molecular complexity index is 36.0. The molecule has 0 aromatic carbocycles. The predicted octanol–water partition coefficient (Wildman–Crippen LogP) is -7.06. The first-order chi connectivity index (χ1) is 2.00. The molecule has 0 saturated heterocycles. The second-order valence-electron chi connectivity index (χ2n) is 0.600. The van der Waals surface area contributed by atoms with Crippen molar-refractivity contribution in [3.63, 3.8) is 0 Å². The molecule has 3 radical (unpaired) electrons. The molecule has 0 rings (SSSR count). The molecule has 0 amide bonds. The van der Waals surface area contributed by atoms with Crippen LogP contribution in [0.5, 0.6) is 0 Å². The molecule has 0 spiro atoms. The molecule has 8 heavy (non-hydrogen) atoms. The average Bonchev–Trinajstić information content (AvgIpc) is 0.722. The van der Waals surface area contributed by atoms with Crippen molar-refractivity contribution >= 4 is 34.8 Å². The summed E-state index contributed by atoms with van der Waals surface area (Å²) in [7, 11) is -4.61. The Labute approximate surface area is 84.5 Å². The van der Waals surface area contributed by atoms with Crippen LogP contribution in [0.1, 0.15) is 1.43 Å². The Hall–Kier alpha value is 1.65. The van der Waals surface area contributed by atoms with Crippen LogP contribution in [0.4, 0.5) is 0 Å². The van der Waals surface area contributed by atoms with Crippen molar-refractivity contribution in [3.8, 4) is 0 Å². The fourth-order valence-corrected chi connectivity index (χ4v) is 0. The molecule has 0 bridgehead atoms. The van der Waals surface area contributed by atoms with Gasteiger partial charge in [-0.2, -0.15) is 0 Å². The van der Waals surface area contributed by atoms with Gasteiger partial charge in [0.1, 0.15) is 0 Å². The smallest absolute Gasteiger partial charge is 1.00 e. The van der Waals surface area contributed by atoms with Gasteiger partial charge in [-0.3, -0.25) is 0 Å². The van der Waals surface area contributed by atoms with Gasteiger partial charge < -0.3 is 20.6 Å². The van der Waals surface area contributed by atoms with Crippen LogP contribution in [0.2, 0.25) is 0 Å². The predicted molar refractivity (Wildman–Crippen MR) is 31.4 cm³/mol. The summed E-state index contributed by atoms with van der Waals surface area (Å²) in [4.78, 5) is 29.3. The Morgan fingerprint density at radius 2 is 1.00 bits per heavy atom. The van der Waals surface area contributed by atoms with Crippen LogP contribution in [0.25, 0.3) is 0 Å². The van der Waals surface area contributed by atoms with Gasteiger partial charge in [0.25, 0.3) is 0 Å². The Morgan fingerprint density at radius 1 is 1.00 bits per heavy atom. The summed E-state index contributed by atoms with van der Waals surface area (Å²) in [6.07, 6.45) is 0. The third-order valence-corrected chi connectivity index (χ3v) is 0. The molecule has 0 aliphatic rings. The Morgan fingerprint density at radius 3 is 1.00 bits per heavy atom. The van der Waals surface area contributed by atoms with Crippen molar-refractivity contribution < 1.29 is 50.2 Å². The quantitative estimate of drug-likeness (QED) is 0.266. The van der Waals surface area contributed by atoms with Gasteiger partial charge >= 0.3 is 38.6 Å². The maximum Gasteiger partial charge on any atom is 1.00 e. The van der Waals surface area contributed by atoms with E-state index < -0.39 is 9.05 Å². The van der Waals surface area contributed by atoms with Crippen LogP contribution in [-0.2, 0) is 0 Å². The molecule has 0 saturated carbocycles. The molecule has 43 valence electrons. The topological polar surface area (TPSA) is 80.9 Å². The Balaban J connectivity index is -0.0000000133. The summed E-state index contributed by atoms with van der Waals surface area (Å²) >= 11 is 0. The van der Waals surface area contributed by atoms with Gasteiger partial charge in [0.2, 0.25) is 0 Å². The van der Waals surface area contributed by atoms with E-state index in [4.69, 9.17) is 19.2 Å². The van der Waals surface area contributed by atoms with E-state index in [0.717, 1.165) is 0 Å². The number of hydrogen-bond donors (Lipinski definition) is 4. The SMILES string of the molecule is O[Si](O)(O)O.[AlH3].[B].[H-].[Na+]. The molecule has 0 aromatic heterocycles. The van der Waals surface area contributed by atoms with E-state index in [0.29, 0.717) is 0 Å². The first-order valence-corrected chi connectivity index (χ1v) is 2.68. The second-order valence-corrected chi connectivity index (χ2v) is 1.80. The Kier molecular flexibility index (Phi) is 24.5. The minimum absolute atomic E-state index is 0. The van der Waals surface area contributed by atoms with E-state index in [1.54, 1.807) is 0 Å². The molecule has 0 heterocycles. The molecular formula is H8AlBNaO4Si. The zero-order valence-electron chi connectivity index (χ0n) is 4.87. The van der Waals surface area contributed by atoms with E-state index in [1.807, 2.05) is 0 Å². The fourth-order valence-electron chi connectivity index (χ4n) is 0. The van der Waals surface area contributed by atoms with Crippen molar-refractivity contribution in [1.82, 2.24) is 0 Å². The van der Waals surface area contributed by atoms with E-state index in [2.05, 4.69) is 0 Å². The third-order valence-electron chi connectivity index (χ3n) is 0. The van der Waals surface area contributed by atoms with E-state index in [1.165, 1.54) is 0 Å². The molecule has 0 unspecified atom stereocenters. The maximum absolute atomic E-state index is 7.33. The van der Waals surface area contributed by atoms with Crippen molar-refractivity contribution in [2.75, 3.05) is 0 Å². The minimum atomic E-state index is -4.61. The largest absolute Gasteiger partial charge is 1.00 e. The van der Waals surface area contributed by atoms with Gasteiger partial charge in [-0.05, 0) is 0 Å². The van der Waals surface area contributed by atoms with Crippen molar-refractivity contribution in [3.05, 3.63) is 0 Å². The molecule has 0 fully saturated rings. The van der Waals surface area contributed by atoms with E-state index >= 15 is 0 Å². The van der Waals surface area contributed by atoms with Gasteiger partial charge in [-0.15, -0.1) is 0 Å². The average molecular weight is 161 g/mol. The normalized spacial score (nSPS) is 7.50. The number of hydrogen-bond acceptors (Lipinski definition) is 4. The van der Waals surface area contributed by atoms with Crippen LogP contribution in [0.3, 0.4) is 0 Å². The first kappa shape index (κ1) is 22.6. The van der Waals surface area contributed by atoms with Crippen LogP contribution in [0, 0.1) is 0 Å². The molecule has 4 N–H and O–H groups in total. The van der Waals surface area contributed by atoms with Crippen LogP contribution >= 0.6 is 0 Å². The summed E-state index contributed by atoms with van der Waals surface area (Å²) < 4.78 is 0. The van der Waals surface area contributed by atoms with Gasteiger partial charge in [0.15, 0.2) is 17.4 Å². The molecule has 0 atom stereocenters. The number of rotatable bonds is 0. The summed E-state index contributed by atoms with van der Waals surface area (Å²) in [5.74, 6) is 0.